The number of hydrogen-bond donors (Lipinski definition) is 7. The van der Waals surface area contributed by atoms with Gasteiger partial charge in [0.1, 0.15) is 18.1 Å². The fourth-order valence-corrected chi connectivity index (χ4v) is 1.74. The van der Waals surface area contributed by atoms with Crippen LogP contribution in [0.25, 0.3) is 0 Å². The van der Waals surface area contributed by atoms with E-state index in [1.807, 2.05) is 20.1 Å². The summed E-state index contributed by atoms with van der Waals surface area (Å²) in [5.41, 5.74) is 15.2. The standard InChI is InChI=1S/C6H13NO2.C5H11NO2S.C4H7NO4/c1-4(2)3-5(7)6(8)9;1-9-3-2-4(6)5(7)8;5-2(4(8)9)1-3(6)7/h4-5H,3,7H2,1-2H3,(H,8,9);4H,2-3,6H2,1H3,(H,7,8);2H,1,5H2,(H,6,7)(H,8,9)/t5-;4-;2-/m000/s1. The molecular weight excluding hydrogens is 382 g/mol. The third kappa shape index (κ3) is 24.1. The summed E-state index contributed by atoms with van der Waals surface area (Å²) >= 11 is 1.60. The van der Waals surface area contributed by atoms with Gasteiger partial charge in [-0.1, -0.05) is 13.8 Å². The first-order chi connectivity index (χ1) is 12.3. The SMILES string of the molecule is CC(C)C[C@H](N)C(=O)O.CSCC[C@H](N)C(=O)O.N[C@@H](CC(=O)O)C(=O)O. The summed E-state index contributed by atoms with van der Waals surface area (Å²) in [6, 6.07) is -2.66. The number of carbonyl (C=O) groups is 4. The number of carboxylic acid groups (broad SMARTS) is 4. The highest BCUT2D eigenvalue weighted by atomic mass is 32.2. The highest BCUT2D eigenvalue weighted by Gasteiger charge is 2.14. The second kappa shape index (κ2) is 17.5. The van der Waals surface area contributed by atoms with E-state index < -0.39 is 48.4 Å². The molecule has 11 nitrogen and oxygen atoms in total. The average molecular weight is 413 g/mol. The van der Waals surface area contributed by atoms with Gasteiger partial charge < -0.3 is 37.6 Å². The van der Waals surface area contributed by atoms with E-state index in [1.54, 1.807) is 11.8 Å². The van der Waals surface area contributed by atoms with Crippen LogP contribution in [0.15, 0.2) is 0 Å². The van der Waals surface area contributed by atoms with Crippen LogP contribution in [-0.4, -0.2) is 74.4 Å². The molecule has 3 atom stereocenters. The molecule has 0 spiro atoms. The van der Waals surface area contributed by atoms with Crippen molar-refractivity contribution >= 4 is 35.6 Å². The number of aliphatic carboxylic acids is 4. The predicted molar refractivity (Wildman–Crippen MR) is 102 cm³/mol. The third-order valence-corrected chi connectivity index (χ3v) is 3.35. The molecule has 0 aromatic heterocycles. The molecule has 0 saturated carbocycles. The third-order valence-electron chi connectivity index (χ3n) is 2.70. The molecule has 0 aliphatic heterocycles. The van der Waals surface area contributed by atoms with Crippen molar-refractivity contribution < 1.29 is 39.6 Å². The molecule has 0 aliphatic rings. The highest BCUT2D eigenvalue weighted by molar-refractivity contribution is 7.98. The van der Waals surface area contributed by atoms with Crippen LogP contribution < -0.4 is 17.2 Å². The van der Waals surface area contributed by atoms with Gasteiger partial charge in [0.2, 0.25) is 0 Å². The van der Waals surface area contributed by atoms with E-state index in [1.165, 1.54) is 0 Å². The molecule has 0 fully saturated rings. The average Bonchev–Trinajstić information content (AvgIpc) is 2.52. The first kappa shape index (κ1) is 29.9. The maximum absolute atomic E-state index is 10.1. The molecule has 0 amide bonds. The number of nitrogens with two attached hydrogens (primary N) is 3. The summed E-state index contributed by atoms with van der Waals surface area (Å²) in [6.07, 6.45) is 2.50. The first-order valence-electron chi connectivity index (χ1n) is 7.92. The largest absolute Gasteiger partial charge is 0.481 e. The van der Waals surface area contributed by atoms with Crippen molar-refractivity contribution in [3.8, 4) is 0 Å². The minimum Gasteiger partial charge on any atom is -0.481 e. The van der Waals surface area contributed by atoms with Gasteiger partial charge in [-0.05, 0) is 30.8 Å². The Labute approximate surface area is 162 Å². The van der Waals surface area contributed by atoms with Gasteiger partial charge in [0.15, 0.2) is 0 Å². The summed E-state index contributed by atoms with van der Waals surface area (Å²) in [6.45, 7) is 3.89. The van der Waals surface area contributed by atoms with Crippen molar-refractivity contribution in [2.24, 2.45) is 23.1 Å². The molecule has 10 N–H and O–H groups in total. The Hall–Kier alpha value is -1.89. The molecule has 0 bridgehead atoms. The Balaban J connectivity index is -0.000000320. The molecule has 0 heterocycles. The van der Waals surface area contributed by atoms with Crippen LogP contribution in [0.4, 0.5) is 0 Å². The van der Waals surface area contributed by atoms with Gasteiger partial charge in [-0.15, -0.1) is 0 Å². The van der Waals surface area contributed by atoms with E-state index in [2.05, 4.69) is 0 Å². The first-order valence-corrected chi connectivity index (χ1v) is 9.31. The summed E-state index contributed by atoms with van der Waals surface area (Å²) in [5.74, 6) is -3.15. The maximum Gasteiger partial charge on any atom is 0.321 e. The lowest BCUT2D eigenvalue weighted by Gasteiger charge is -2.07. The fourth-order valence-electron chi connectivity index (χ4n) is 1.25. The molecule has 0 aromatic rings. The number of carboxylic acids is 4. The van der Waals surface area contributed by atoms with Gasteiger partial charge in [0, 0.05) is 0 Å². The van der Waals surface area contributed by atoms with Gasteiger partial charge in [-0.3, -0.25) is 19.2 Å². The molecule has 0 aliphatic carbocycles. The van der Waals surface area contributed by atoms with Crippen LogP contribution in [0.2, 0.25) is 0 Å². The summed E-state index contributed by atoms with van der Waals surface area (Å²) < 4.78 is 0. The zero-order valence-electron chi connectivity index (χ0n) is 15.7. The number of thioether (sulfide) groups is 1. The van der Waals surface area contributed by atoms with Crippen LogP contribution in [0.5, 0.6) is 0 Å². The molecule has 0 unspecified atom stereocenters. The Morgan fingerprint density at radius 2 is 1.22 bits per heavy atom. The Bertz CT molecular complexity index is 462. The maximum atomic E-state index is 10.1. The van der Waals surface area contributed by atoms with Crippen LogP contribution >= 0.6 is 11.8 Å². The number of hydrogen-bond acceptors (Lipinski definition) is 8. The van der Waals surface area contributed by atoms with Crippen molar-refractivity contribution in [2.75, 3.05) is 12.0 Å². The normalized spacial score (nSPS) is 13.1. The zero-order chi connectivity index (χ0) is 22.2. The van der Waals surface area contributed by atoms with Crippen LogP contribution in [0, 0.1) is 5.92 Å². The van der Waals surface area contributed by atoms with E-state index >= 15 is 0 Å². The monoisotopic (exact) mass is 413 g/mol. The van der Waals surface area contributed by atoms with Gasteiger partial charge in [0.25, 0.3) is 0 Å². The van der Waals surface area contributed by atoms with Crippen molar-refractivity contribution in [1.29, 1.82) is 0 Å². The Morgan fingerprint density at radius 3 is 1.41 bits per heavy atom. The van der Waals surface area contributed by atoms with Gasteiger partial charge >= 0.3 is 23.9 Å². The van der Waals surface area contributed by atoms with Crippen molar-refractivity contribution in [3.05, 3.63) is 0 Å². The van der Waals surface area contributed by atoms with Crippen LogP contribution in [0.3, 0.4) is 0 Å². The molecule has 0 saturated heterocycles. The zero-order valence-corrected chi connectivity index (χ0v) is 16.5. The van der Waals surface area contributed by atoms with E-state index in [-0.39, 0.29) is 0 Å². The predicted octanol–water partition coefficient (Wildman–Crippen LogP) is -0.531. The molecule has 0 rings (SSSR count). The van der Waals surface area contributed by atoms with Crippen molar-refractivity contribution in [2.45, 2.75) is 51.2 Å². The smallest absolute Gasteiger partial charge is 0.321 e. The molecule has 27 heavy (non-hydrogen) atoms. The molecule has 0 aromatic carbocycles. The van der Waals surface area contributed by atoms with Crippen LogP contribution in [0.1, 0.15) is 33.1 Å². The van der Waals surface area contributed by atoms with E-state index in [0.29, 0.717) is 18.8 Å². The molecule has 0 radical (unpaired) electrons. The Morgan fingerprint density at radius 1 is 0.815 bits per heavy atom. The second-order valence-electron chi connectivity index (χ2n) is 5.84. The lowest BCUT2D eigenvalue weighted by atomic mass is 10.1. The molecule has 12 heteroatoms. The van der Waals surface area contributed by atoms with E-state index in [0.717, 1.165) is 5.75 Å². The van der Waals surface area contributed by atoms with Gasteiger partial charge in [0.05, 0.1) is 6.42 Å². The molecule has 160 valence electrons. The lowest BCUT2D eigenvalue weighted by molar-refractivity contribution is -0.144. The Kier molecular flexibility index (Phi) is 19.4. The van der Waals surface area contributed by atoms with Crippen LogP contribution in [-0.2, 0) is 19.2 Å². The summed E-state index contributed by atoms with van der Waals surface area (Å²) in [5, 5.41) is 32.6. The van der Waals surface area contributed by atoms with Gasteiger partial charge in [-0.25, -0.2) is 0 Å². The molecular formula is C15H31N3O8S. The number of rotatable bonds is 10. The van der Waals surface area contributed by atoms with Crippen molar-refractivity contribution in [3.63, 3.8) is 0 Å². The topological polar surface area (TPSA) is 227 Å². The fraction of sp³-hybridized carbons (Fsp3) is 0.733. The van der Waals surface area contributed by atoms with Crippen molar-refractivity contribution in [1.82, 2.24) is 0 Å². The quantitative estimate of drug-likeness (QED) is 0.240. The summed E-state index contributed by atoms with van der Waals surface area (Å²) in [4.78, 5) is 39.8. The van der Waals surface area contributed by atoms with E-state index in [9.17, 15) is 19.2 Å². The second-order valence-corrected chi connectivity index (χ2v) is 6.83. The summed E-state index contributed by atoms with van der Waals surface area (Å²) in [7, 11) is 0. The highest BCUT2D eigenvalue weighted by Crippen LogP contribution is 2.01. The lowest BCUT2D eigenvalue weighted by Crippen LogP contribution is -2.32. The van der Waals surface area contributed by atoms with E-state index in [4.69, 9.17) is 37.6 Å². The van der Waals surface area contributed by atoms with Gasteiger partial charge in [-0.2, -0.15) is 11.8 Å². The minimum atomic E-state index is -1.29. The minimum absolute atomic E-state index is 0.357.